The number of rotatable bonds is 17. The fourth-order valence-electron chi connectivity index (χ4n) is 2.62. The van der Waals surface area contributed by atoms with E-state index >= 15 is 0 Å². The summed E-state index contributed by atoms with van der Waals surface area (Å²) in [5.74, 6) is 0.940. The Labute approximate surface area is 143 Å². The second-order valence-corrected chi connectivity index (χ2v) is 6.41. The summed E-state index contributed by atoms with van der Waals surface area (Å²) in [6.07, 6.45) is 13.9. The molecule has 0 heterocycles. The van der Waals surface area contributed by atoms with Crippen molar-refractivity contribution >= 4 is 12.6 Å². The first-order valence-corrected chi connectivity index (χ1v) is 9.69. The van der Waals surface area contributed by atoms with Crippen molar-refractivity contribution < 1.29 is 14.2 Å². The monoisotopic (exact) mass is 334 g/mol. The Bertz CT molecular complexity index is 211. The minimum Gasteiger partial charge on any atom is -0.378 e. The van der Waals surface area contributed by atoms with Crippen molar-refractivity contribution in [2.45, 2.75) is 89.9 Å². The van der Waals surface area contributed by atoms with Gasteiger partial charge >= 0.3 is 0 Å². The zero-order valence-electron chi connectivity index (χ0n) is 15.0. The van der Waals surface area contributed by atoms with E-state index in [-0.39, 0.29) is 6.29 Å². The summed E-state index contributed by atoms with van der Waals surface area (Å²) in [5.41, 5.74) is 0. The Morgan fingerprint density at radius 3 is 1.95 bits per heavy atom. The fourth-order valence-corrected chi connectivity index (χ4v) is 2.80. The lowest BCUT2D eigenvalue weighted by Gasteiger charge is -2.19. The Morgan fingerprint density at radius 2 is 1.36 bits per heavy atom. The molecule has 1 atom stereocenters. The van der Waals surface area contributed by atoms with E-state index in [1.165, 1.54) is 51.4 Å². The Morgan fingerprint density at radius 1 is 0.773 bits per heavy atom. The first-order valence-electron chi connectivity index (χ1n) is 9.06. The highest BCUT2D eigenvalue weighted by atomic mass is 32.1. The van der Waals surface area contributed by atoms with Crippen molar-refractivity contribution in [3.8, 4) is 0 Å². The van der Waals surface area contributed by atoms with Crippen LogP contribution in [0.2, 0.25) is 0 Å². The summed E-state index contributed by atoms with van der Waals surface area (Å²) in [7, 11) is 3.34. The van der Waals surface area contributed by atoms with Crippen LogP contribution >= 0.6 is 12.6 Å². The molecular weight excluding hydrogens is 296 g/mol. The highest BCUT2D eigenvalue weighted by molar-refractivity contribution is 7.80. The van der Waals surface area contributed by atoms with Crippen LogP contribution in [0.25, 0.3) is 0 Å². The first kappa shape index (κ1) is 22.2. The molecule has 0 rings (SSSR count). The normalized spacial score (nSPS) is 13.0. The standard InChI is InChI=1S/C18H38O3S/c1-4-5-6-7-8-9-10-12-17(13-11-16-22)21-15-14-18(19-2)20-3/h17-18,22H,4-16H2,1-3H3. The lowest BCUT2D eigenvalue weighted by Crippen LogP contribution is -2.20. The van der Waals surface area contributed by atoms with Gasteiger partial charge in [-0.15, -0.1) is 0 Å². The third-order valence-corrected chi connectivity index (χ3v) is 4.36. The summed E-state index contributed by atoms with van der Waals surface area (Å²) in [4.78, 5) is 0. The van der Waals surface area contributed by atoms with Crippen molar-refractivity contribution in [1.29, 1.82) is 0 Å². The average Bonchev–Trinajstić information content (AvgIpc) is 2.54. The molecule has 0 amide bonds. The average molecular weight is 335 g/mol. The molecule has 0 radical (unpaired) electrons. The van der Waals surface area contributed by atoms with Gasteiger partial charge in [0.05, 0.1) is 12.7 Å². The van der Waals surface area contributed by atoms with Gasteiger partial charge in [-0.25, -0.2) is 0 Å². The molecule has 0 N–H and O–H groups in total. The molecule has 0 aromatic carbocycles. The summed E-state index contributed by atoms with van der Waals surface area (Å²) < 4.78 is 16.4. The second kappa shape index (κ2) is 17.6. The van der Waals surface area contributed by atoms with Crippen LogP contribution in [0.5, 0.6) is 0 Å². The Hall–Kier alpha value is 0.230. The molecule has 0 saturated carbocycles. The van der Waals surface area contributed by atoms with Crippen molar-refractivity contribution in [3.63, 3.8) is 0 Å². The molecular formula is C18H38O3S. The van der Waals surface area contributed by atoms with E-state index in [4.69, 9.17) is 14.2 Å². The smallest absolute Gasteiger partial charge is 0.159 e. The minimum absolute atomic E-state index is 0.149. The number of hydrogen-bond acceptors (Lipinski definition) is 4. The molecule has 0 spiro atoms. The molecule has 0 aliphatic carbocycles. The Balaban J connectivity index is 3.73. The highest BCUT2D eigenvalue weighted by Gasteiger charge is 2.11. The molecule has 1 unspecified atom stereocenters. The molecule has 0 aliphatic heterocycles. The molecule has 4 heteroatoms. The predicted molar refractivity (Wildman–Crippen MR) is 97.9 cm³/mol. The van der Waals surface area contributed by atoms with E-state index in [1.54, 1.807) is 14.2 Å². The van der Waals surface area contributed by atoms with Crippen LogP contribution in [0.1, 0.15) is 77.6 Å². The van der Waals surface area contributed by atoms with E-state index in [2.05, 4.69) is 19.6 Å². The molecule has 0 aromatic rings. The maximum Gasteiger partial charge on any atom is 0.159 e. The Kier molecular flexibility index (Phi) is 17.8. The van der Waals surface area contributed by atoms with E-state index in [0.717, 1.165) is 25.0 Å². The number of hydrogen-bond donors (Lipinski definition) is 1. The molecule has 0 aromatic heterocycles. The summed E-state index contributed by atoms with van der Waals surface area (Å²) in [6, 6.07) is 0. The topological polar surface area (TPSA) is 27.7 Å². The van der Waals surface area contributed by atoms with Crippen LogP contribution in [-0.2, 0) is 14.2 Å². The molecule has 0 fully saturated rings. The van der Waals surface area contributed by atoms with E-state index in [9.17, 15) is 0 Å². The van der Waals surface area contributed by atoms with Gasteiger partial charge in [0.15, 0.2) is 6.29 Å². The minimum atomic E-state index is -0.149. The van der Waals surface area contributed by atoms with Crippen LogP contribution in [-0.4, -0.2) is 39.0 Å². The van der Waals surface area contributed by atoms with Crippen molar-refractivity contribution in [2.24, 2.45) is 0 Å². The van der Waals surface area contributed by atoms with Crippen LogP contribution in [0, 0.1) is 0 Å². The molecule has 134 valence electrons. The van der Waals surface area contributed by atoms with Crippen molar-refractivity contribution in [1.82, 2.24) is 0 Å². The van der Waals surface area contributed by atoms with Gasteiger partial charge in [0, 0.05) is 20.6 Å². The first-order chi connectivity index (χ1) is 10.8. The predicted octanol–water partition coefficient (Wildman–Crippen LogP) is 5.23. The third kappa shape index (κ3) is 13.9. The van der Waals surface area contributed by atoms with E-state index in [0.29, 0.717) is 12.7 Å². The summed E-state index contributed by atoms with van der Waals surface area (Å²) >= 11 is 4.31. The number of methoxy groups -OCH3 is 2. The van der Waals surface area contributed by atoms with Gasteiger partial charge in [-0.1, -0.05) is 51.9 Å². The van der Waals surface area contributed by atoms with Crippen LogP contribution in [0.15, 0.2) is 0 Å². The number of unbranched alkanes of at least 4 members (excludes halogenated alkanes) is 6. The lowest BCUT2D eigenvalue weighted by atomic mass is 10.0. The number of thiol groups is 1. The highest BCUT2D eigenvalue weighted by Crippen LogP contribution is 2.15. The molecule has 0 bridgehead atoms. The molecule has 0 saturated heterocycles. The maximum atomic E-state index is 6.03. The van der Waals surface area contributed by atoms with Gasteiger partial charge in [0.2, 0.25) is 0 Å². The third-order valence-electron chi connectivity index (χ3n) is 4.05. The summed E-state index contributed by atoms with van der Waals surface area (Å²) in [5, 5.41) is 0. The van der Waals surface area contributed by atoms with Gasteiger partial charge in [-0.2, -0.15) is 12.6 Å². The lowest BCUT2D eigenvalue weighted by molar-refractivity contribution is -0.120. The van der Waals surface area contributed by atoms with Crippen LogP contribution < -0.4 is 0 Å². The van der Waals surface area contributed by atoms with E-state index < -0.39 is 0 Å². The van der Waals surface area contributed by atoms with Crippen molar-refractivity contribution in [2.75, 3.05) is 26.6 Å². The summed E-state index contributed by atoms with van der Waals surface area (Å²) in [6.45, 7) is 2.97. The maximum absolute atomic E-state index is 6.03. The SMILES string of the molecule is CCCCCCCCCC(CCCS)OCCC(OC)OC. The van der Waals surface area contributed by atoms with Crippen LogP contribution in [0.3, 0.4) is 0 Å². The van der Waals surface area contributed by atoms with E-state index in [1.807, 2.05) is 0 Å². The molecule has 3 nitrogen and oxygen atoms in total. The van der Waals surface area contributed by atoms with Crippen LogP contribution in [0.4, 0.5) is 0 Å². The largest absolute Gasteiger partial charge is 0.378 e. The second-order valence-electron chi connectivity index (χ2n) is 5.96. The number of ether oxygens (including phenoxy) is 3. The van der Waals surface area contributed by atoms with Gasteiger partial charge in [-0.05, 0) is 25.0 Å². The molecule has 0 aliphatic rings. The van der Waals surface area contributed by atoms with Crippen molar-refractivity contribution in [3.05, 3.63) is 0 Å². The van der Waals surface area contributed by atoms with Gasteiger partial charge in [0.1, 0.15) is 0 Å². The van der Waals surface area contributed by atoms with Gasteiger partial charge in [0.25, 0.3) is 0 Å². The van der Waals surface area contributed by atoms with Gasteiger partial charge < -0.3 is 14.2 Å². The molecule has 22 heavy (non-hydrogen) atoms. The quantitative estimate of drug-likeness (QED) is 0.224. The van der Waals surface area contributed by atoms with Gasteiger partial charge in [-0.3, -0.25) is 0 Å². The zero-order chi connectivity index (χ0) is 16.5. The fraction of sp³-hybridized carbons (Fsp3) is 1.00. The zero-order valence-corrected chi connectivity index (χ0v) is 15.9.